The molecule has 0 aliphatic carbocycles. The van der Waals surface area contributed by atoms with Crippen molar-refractivity contribution in [1.29, 1.82) is 0 Å². The molecule has 0 saturated heterocycles. The SMILES string of the molecule is CNC(=O)NC(=O)C(OC(=O)c1ccc(Br)s1)c1ccccc1. The molecule has 0 aliphatic rings. The van der Waals surface area contributed by atoms with Gasteiger partial charge in [-0.25, -0.2) is 9.59 Å². The number of halogens is 1. The molecule has 120 valence electrons. The van der Waals surface area contributed by atoms with E-state index in [4.69, 9.17) is 4.74 Å². The van der Waals surface area contributed by atoms with Crippen LogP contribution in [0.4, 0.5) is 4.79 Å². The lowest BCUT2D eigenvalue weighted by molar-refractivity contribution is -0.129. The lowest BCUT2D eigenvalue weighted by Crippen LogP contribution is -2.41. The van der Waals surface area contributed by atoms with Crippen molar-refractivity contribution in [3.05, 3.63) is 56.7 Å². The van der Waals surface area contributed by atoms with Gasteiger partial charge in [-0.05, 0) is 28.1 Å². The molecule has 1 aromatic heterocycles. The molecule has 0 fully saturated rings. The molecule has 0 spiro atoms. The molecule has 8 heteroatoms. The van der Waals surface area contributed by atoms with Crippen LogP contribution < -0.4 is 10.6 Å². The number of amides is 3. The lowest BCUT2D eigenvalue weighted by Gasteiger charge is -2.17. The predicted octanol–water partition coefficient (Wildman–Crippen LogP) is 2.86. The molecular formula is C15H13BrN2O4S. The van der Waals surface area contributed by atoms with Crippen LogP contribution in [-0.2, 0) is 9.53 Å². The quantitative estimate of drug-likeness (QED) is 0.778. The van der Waals surface area contributed by atoms with Crippen LogP contribution in [0.15, 0.2) is 46.3 Å². The zero-order valence-corrected chi connectivity index (χ0v) is 14.4. The minimum atomic E-state index is -1.22. The maximum atomic E-state index is 12.2. The zero-order chi connectivity index (χ0) is 16.8. The molecule has 2 rings (SSSR count). The van der Waals surface area contributed by atoms with Crippen LogP contribution in [0.2, 0.25) is 0 Å². The highest BCUT2D eigenvalue weighted by atomic mass is 79.9. The van der Waals surface area contributed by atoms with Gasteiger partial charge in [0.15, 0.2) is 0 Å². The minimum Gasteiger partial charge on any atom is -0.443 e. The molecule has 1 heterocycles. The molecule has 1 aromatic carbocycles. The van der Waals surface area contributed by atoms with Gasteiger partial charge in [-0.3, -0.25) is 10.1 Å². The highest BCUT2D eigenvalue weighted by Gasteiger charge is 2.27. The van der Waals surface area contributed by atoms with Crippen LogP contribution in [0.1, 0.15) is 21.3 Å². The fourth-order valence-electron chi connectivity index (χ4n) is 1.73. The minimum absolute atomic E-state index is 0.352. The number of imide groups is 1. The Morgan fingerprint density at radius 1 is 1.13 bits per heavy atom. The van der Waals surface area contributed by atoms with E-state index in [1.165, 1.54) is 18.4 Å². The average molecular weight is 397 g/mol. The molecule has 1 unspecified atom stereocenters. The molecule has 0 radical (unpaired) electrons. The number of thiophene rings is 1. The van der Waals surface area contributed by atoms with Crippen LogP contribution in [0.3, 0.4) is 0 Å². The molecule has 3 amide bonds. The Labute approximate surface area is 145 Å². The van der Waals surface area contributed by atoms with Gasteiger partial charge in [0.05, 0.1) is 3.79 Å². The fourth-order valence-corrected chi connectivity index (χ4v) is 3.00. The van der Waals surface area contributed by atoms with Crippen molar-refractivity contribution in [2.45, 2.75) is 6.10 Å². The maximum Gasteiger partial charge on any atom is 0.349 e. The molecule has 0 aliphatic heterocycles. The first-order valence-corrected chi connectivity index (χ1v) is 8.16. The molecular weight excluding hydrogens is 384 g/mol. The Hall–Kier alpha value is -2.19. The van der Waals surface area contributed by atoms with Crippen molar-refractivity contribution in [3.8, 4) is 0 Å². The van der Waals surface area contributed by atoms with Crippen LogP contribution >= 0.6 is 27.3 Å². The summed E-state index contributed by atoms with van der Waals surface area (Å²) in [6, 6.07) is 11.1. The molecule has 2 aromatic rings. The van der Waals surface area contributed by atoms with Gasteiger partial charge in [0.1, 0.15) is 4.88 Å². The summed E-state index contributed by atoms with van der Waals surface area (Å²) >= 11 is 4.46. The van der Waals surface area contributed by atoms with E-state index in [0.717, 1.165) is 3.79 Å². The van der Waals surface area contributed by atoms with E-state index in [1.807, 2.05) is 0 Å². The Morgan fingerprint density at radius 2 is 1.83 bits per heavy atom. The van der Waals surface area contributed by atoms with Crippen molar-refractivity contribution in [2.24, 2.45) is 0 Å². The van der Waals surface area contributed by atoms with Crippen molar-refractivity contribution in [3.63, 3.8) is 0 Å². The summed E-state index contributed by atoms with van der Waals surface area (Å²) in [6.07, 6.45) is -1.22. The van der Waals surface area contributed by atoms with E-state index in [0.29, 0.717) is 10.4 Å². The van der Waals surface area contributed by atoms with Gasteiger partial charge in [0.25, 0.3) is 5.91 Å². The molecule has 0 bridgehead atoms. The van der Waals surface area contributed by atoms with Crippen molar-refractivity contribution >= 4 is 45.2 Å². The summed E-state index contributed by atoms with van der Waals surface area (Å²) in [6.45, 7) is 0. The predicted molar refractivity (Wildman–Crippen MR) is 89.2 cm³/mol. The van der Waals surface area contributed by atoms with Crippen molar-refractivity contribution in [2.75, 3.05) is 7.05 Å². The lowest BCUT2D eigenvalue weighted by atomic mass is 10.1. The van der Waals surface area contributed by atoms with E-state index in [1.54, 1.807) is 42.5 Å². The summed E-state index contributed by atoms with van der Waals surface area (Å²) in [5.41, 5.74) is 0.470. The summed E-state index contributed by atoms with van der Waals surface area (Å²) in [5, 5.41) is 4.39. The number of rotatable bonds is 4. The first-order valence-electron chi connectivity index (χ1n) is 6.55. The van der Waals surface area contributed by atoms with Crippen molar-refractivity contribution in [1.82, 2.24) is 10.6 Å². The number of benzene rings is 1. The topological polar surface area (TPSA) is 84.5 Å². The smallest absolute Gasteiger partial charge is 0.349 e. The van der Waals surface area contributed by atoms with Crippen LogP contribution in [0, 0.1) is 0 Å². The summed E-state index contributed by atoms with van der Waals surface area (Å²) in [7, 11) is 1.38. The third-order valence-corrected chi connectivity index (χ3v) is 4.41. The third-order valence-electron chi connectivity index (χ3n) is 2.80. The molecule has 6 nitrogen and oxygen atoms in total. The van der Waals surface area contributed by atoms with Crippen LogP contribution in [0.25, 0.3) is 0 Å². The van der Waals surface area contributed by atoms with Gasteiger partial charge in [-0.15, -0.1) is 11.3 Å². The van der Waals surface area contributed by atoms with Gasteiger partial charge >= 0.3 is 12.0 Å². The number of carbonyl (C=O) groups is 3. The summed E-state index contributed by atoms with van der Waals surface area (Å²) < 4.78 is 6.08. The van der Waals surface area contributed by atoms with Gasteiger partial charge in [0.2, 0.25) is 6.10 Å². The second kappa shape index (κ2) is 7.89. The maximum absolute atomic E-state index is 12.2. The monoisotopic (exact) mass is 396 g/mol. The van der Waals surface area contributed by atoms with E-state index in [2.05, 4.69) is 26.6 Å². The second-order valence-electron chi connectivity index (χ2n) is 4.37. The van der Waals surface area contributed by atoms with E-state index >= 15 is 0 Å². The number of carbonyl (C=O) groups excluding carboxylic acids is 3. The van der Waals surface area contributed by atoms with Gasteiger partial charge in [-0.2, -0.15) is 0 Å². The number of ether oxygens (including phenoxy) is 1. The largest absolute Gasteiger partial charge is 0.443 e. The first kappa shape index (κ1) is 17.2. The van der Waals surface area contributed by atoms with Gasteiger partial charge in [0, 0.05) is 12.6 Å². The first-order chi connectivity index (χ1) is 11.0. The van der Waals surface area contributed by atoms with E-state index < -0.39 is 24.0 Å². The van der Waals surface area contributed by atoms with E-state index in [-0.39, 0.29) is 0 Å². The Morgan fingerprint density at radius 3 is 2.39 bits per heavy atom. The fraction of sp³-hybridized carbons (Fsp3) is 0.133. The summed E-state index contributed by atoms with van der Waals surface area (Å²) in [5.74, 6) is -1.36. The summed E-state index contributed by atoms with van der Waals surface area (Å²) in [4.78, 5) is 36.1. The van der Waals surface area contributed by atoms with Crippen LogP contribution in [0.5, 0.6) is 0 Å². The van der Waals surface area contributed by atoms with E-state index in [9.17, 15) is 14.4 Å². The Kier molecular flexibility index (Phi) is 5.89. The van der Waals surface area contributed by atoms with Crippen molar-refractivity contribution < 1.29 is 19.1 Å². The molecule has 1 atom stereocenters. The van der Waals surface area contributed by atoms with Gasteiger partial charge in [-0.1, -0.05) is 30.3 Å². The standard InChI is InChI=1S/C15H13BrN2O4S/c1-17-15(21)18-13(19)12(9-5-3-2-4-6-9)22-14(20)10-7-8-11(16)23-10/h2-8,12H,1H3,(H2,17,18,19,21). The normalized spacial score (nSPS) is 11.4. The molecule has 2 N–H and O–H groups in total. The Balaban J connectivity index is 2.21. The molecule has 0 saturated carbocycles. The third kappa shape index (κ3) is 4.64. The second-order valence-corrected chi connectivity index (χ2v) is 6.83. The number of nitrogens with one attached hydrogen (secondary N) is 2. The average Bonchev–Trinajstić information content (AvgIpc) is 2.99. The number of esters is 1. The highest BCUT2D eigenvalue weighted by molar-refractivity contribution is 9.11. The Bertz CT molecular complexity index is 717. The van der Waals surface area contributed by atoms with Gasteiger partial charge < -0.3 is 10.1 Å². The van der Waals surface area contributed by atoms with Crippen LogP contribution in [-0.4, -0.2) is 25.0 Å². The molecule has 23 heavy (non-hydrogen) atoms. The number of urea groups is 1. The number of hydrogen-bond acceptors (Lipinski definition) is 5. The highest BCUT2D eigenvalue weighted by Crippen LogP contribution is 2.25. The number of hydrogen-bond donors (Lipinski definition) is 2. The zero-order valence-electron chi connectivity index (χ0n) is 12.0.